The van der Waals surface area contributed by atoms with Crippen molar-refractivity contribution in [2.75, 3.05) is 0 Å². The van der Waals surface area contributed by atoms with Gasteiger partial charge in [0, 0.05) is 17.8 Å². The molecule has 0 aromatic carbocycles. The van der Waals surface area contributed by atoms with Crippen LogP contribution < -0.4 is 4.18 Å². The average molecular weight is 316 g/mol. The topological polar surface area (TPSA) is 76.6 Å². The normalized spacial score (nSPS) is 21.3. The van der Waals surface area contributed by atoms with Crippen LogP contribution in [0.25, 0.3) is 0 Å². The molecular formula is C13H17FN2O4S. The Bertz CT molecular complexity index is 660. The molecule has 8 heteroatoms. The summed E-state index contributed by atoms with van der Waals surface area (Å²) in [6, 6.07) is 1.25. The zero-order chi connectivity index (χ0) is 15.8. The summed E-state index contributed by atoms with van der Waals surface area (Å²) >= 11 is 0. The lowest BCUT2D eigenvalue weighted by molar-refractivity contribution is 0.0577. The Labute approximate surface area is 123 Å². The van der Waals surface area contributed by atoms with Gasteiger partial charge < -0.3 is 9.08 Å². The van der Waals surface area contributed by atoms with Crippen LogP contribution in [-0.2, 0) is 10.5 Å². The van der Waals surface area contributed by atoms with E-state index >= 15 is 0 Å². The van der Waals surface area contributed by atoms with Gasteiger partial charge in [0.1, 0.15) is 0 Å². The summed E-state index contributed by atoms with van der Waals surface area (Å²) in [5.74, 6) is -0.604. The van der Waals surface area contributed by atoms with Crippen LogP contribution in [0.2, 0.25) is 0 Å². The second-order valence-electron chi connectivity index (χ2n) is 5.76. The van der Waals surface area contributed by atoms with Crippen molar-refractivity contribution in [3.63, 3.8) is 0 Å². The van der Waals surface area contributed by atoms with Gasteiger partial charge in [0.2, 0.25) is 0 Å². The van der Waals surface area contributed by atoms with Crippen molar-refractivity contribution in [1.29, 1.82) is 0 Å². The van der Waals surface area contributed by atoms with Gasteiger partial charge in [-0.25, -0.2) is 0 Å². The zero-order valence-corrected chi connectivity index (χ0v) is 12.9. The molecule has 2 heterocycles. The number of hydrogen-bond acceptors (Lipinski definition) is 5. The van der Waals surface area contributed by atoms with Gasteiger partial charge in [-0.1, -0.05) is 3.89 Å². The molecule has 1 unspecified atom stereocenters. The molecule has 1 fully saturated rings. The highest BCUT2D eigenvalue weighted by atomic mass is 32.3. The molecule has 1 aliphatic heterocycles. The number of carbonyl (C=O) groups excluding carboxylic acids is 1. The van der Waals surface area contributed by atoms with Gasteiger partial charge in [-0.05, 0) is 39.7 Å². The molecule has 1 aliphatic rings. The molecule has 6 nitrogen and oxygen atoms in total. The number of halogens is 1. The second-order valence-corrected chi connectivity index (χ2v) is 6.71. The van der Waals surface area contributed by atoms with Crippen molar-refractivity contribution in [3.05, 3.63) is 24.0 Å². The van der Waals surface area contributed by atoms with Gasteiger partial charge in [0.25, 0.3) is 5.91 Å². The number of rotatable bonds is 3. The molecular weight excluding hydrogens is 299 g/mol. The minimum Gasteiger partial charge on any atom is -0.357 e. The fraction of sp³-hybridized carbons (Fsp3) is 0.538. The lowest BCUT2D eigenvalue weighted by Crippen LogP contribution is -2.46. The highest BCUT2D eigenvalue weighted by Crippen LogP contribution is 2.34. The summed E-state index contributed by atoms with van der Waals surface area (Å²) in [5.41, 5.74) is -0.127. The summed E-state index contributed by atoms with van der Waals surface area (Å²) in [6.07, 6.45) is 4.11. The van der Waals surface area contributed by atoms with Gasteiger partial charge in [-0.2, -0.15) is 8.42 Å². The molecule has 116 valence electrons. The molecule has 2 rings (SSSR count). The summed E-state index contributed by atoms with van der Waals surface area (Å²) in [7, 11) is -5.14. The van der Waals surface area contributed by atoms with Crippen molar-refractivity contribution in [2.45, 2.75) is 45.2 Å². The third-order valence-electron chi connectivity index (χ3n) is 3.64. The Morgan fingerprint density at radius 1 is 1.48 bits per heavy atom. The summed E-state index contributed by atoms with van der Waals surface area (Å²) in [6.45, 7) is 5.88. The van der Waals surface area contributed by atoms with Crippen molar-refractivity contribution < 1.29 is 21.3 Å². The minimum atomic E-state index is -5.14. The van der Waals surface area contributed by atoms with Crippen LogP contribution >= 0.6 is 0 Å². The van der Waals surface area contributed by atoms with Gasteiger partial charge in [0.15, 0.2) is 5.75 Å². The van der Waals surface area contributed by atoms with Gasteiger partial charge >= 0.3 is 10.5 Å². The fourth-order valence-electron chi connectivity index (χ4n) is 2.72. The van der Waals surface area contributed by atoms with Crippen LogP contribution in [0.4, 0.5) is 3.89 Å². The zero-order valence-electron chi connectivity index (χ0n) is 12.0. The summed E-state index contributed by atoms with van der Waals surface area (Å²) in [5, 5.41) is 0. The van der Waals surface area contributed by atoms with E-state index in [9.17, 15) is 17.1 Å². The first kappa shape index (κ1) is 15.7. The number of nitrogens with zero attached hydrogens (tertiary/aromatic N) is 2. The number of amides is 1. The molecule has 0 radical (unpaired) electrons. The highest BCUT2D eigenvalue weighted by molar-refractivity contribution is 7.81. The van der Waals surface area contributed by atoms with Gasteiger partial charge in [0.05, 0.1) is 11.8 Å². The maximum absolute atomic E-state index is 12.6. The Morgan fingerprint density at radius 3 is 2.67 bits per heavy atom. The van der Waals surface area contributed by atoms with E-state index in [2.05, 4.69) is 9.17 Å². The third kappa shape index (κ3) is 3.49. The van der Waals surface area contributed by atoms with Crippen LogP contribution in [-0.4, -0.2) is 35.8 Å². The third-order valence-corrected chi connectivity index (χ3v) is 4.03. The largest absolute Gasteiger partial charge is 0.488 e. The molecule has 1 aromatic rings. The number of aromatic nitrogens is 1. The molecule has 0 aliphatic carbocycles. The summed E-state index contributed by atoms with van der Waals surface area (Å²) < 4.78 is 37.6. The van der Waals surface area contributed by atoms with Crippen molar-refractivity contribution >= 4 is 16.4 Å². The predicted octanol–water partition coefficient (Wildman–Crippen LogP) is 2.08. The first-order chi connectivity index (χ1) is 9.60. The van der Waals surface area contributed by atoms with E-state index in [0.29, 0.717) is 0 Å². The molecule has 1 aromatic heterocycles. The first-order valence-corrected chi connectivity index (χ1v) is 7.84. The minimum absolute atomic E-state index is 0.0713. The van der Waals surface area contributed by atoms with Crippen LogP contribution in [0.3, 0.4) is 0 Å². The van der Waals surface area contributed by atoms with E-state index in [-0.39, 0.29) is 28.8 Å². The average Bonchev–Trinajstić information content (AvgIpc) is 2.61. The molecule has 21 heavy (non-hydrogen) atoms. The lowest BCUT2D eigenvalue weighted by atomic mass is 10.0. The Balaban J connectivity index is 2.30. The van der Waals surface area contributed by atoms with E-state index in [1.807, 2.05) is 20.8 Å². The van der Waals surface area contributed by atoms with Crippen molar-refractivity contribution in [2.24, 2.45) is 0 Å². The van der Waals surface area contributed by atoms with Crippen molar-refractivity contribution in [3.8, 4) is 5.75 Å². The van der Waals surface area contributed by atoms with Crippen LogP contribution in [0.15, 0.2) is 18.5 Å². The standard InChI is InChI=1S/C13H17FN2O4S/c1-9-4-5-13(2,3)16(9)12(17)10-6-11(8-15-7-10)20-21(14,18)19/h6-9H,4-5H2,1-3H3. The Hall–Kier alpha value is -1.70. The smallest absolute Gasteiger partial charge is 0.357 e. The quantitative estimate of drug-likeness (QED) is 0.798. The van der Waals surface area contributed by atoms with E-state index in [4.69, 9.17) is 0 Å². The molecule has 0 spiro atoms. The van der Waals surface area contributed by atoms with Crippen LogP contribution in [0.5, 0.6) is 5.75 Å². The van der Waals surface area contributed by atoms with E-state index in [0.717, 1.165) is 19.0 Å². The molecule has 1 atom stereocenters. The maximum Gasteiger partial charge on any atom is 0.488 e. The maximum atomic E-state index is 12.6. The van der Waals surface area contributed by atoms with Gasteiger partial charge in [-0.3, -0.25) is 9.78 Å². The Kier molecular flexibility index (Phi) is 3.92. The fourth-order valence-corrected chi connectivity index (χ4v) is 3.04. The van der Waals surface area contributed by atoms with Gasteiger partial charge in [-0.15, -0.1) is 0 Å². The lowest BCUT2D eigenvalue weighted by Gasteiger charge is -2.34. The van der Waals surface area contributed by atoms with E-state index in [1.165, 1.54) is 12.3 Å². The number of pyridine rings is 1. The van der Waals surface area contributed by atoms with Crippen LogP contribution in [0.1, 0.15) is 44.0 Å². The predicted molar refractivity (Wildman–Crippen MR) is 73.8 cm³/mol. The van der Waals surface area contributed by atoms with Crippen LogP contribution in [0, 0.1) is 0 Å². The van der Waals surface area contributed by atoms with E-state index < -0.39 is 10.5 Å². The Morgan fingerprint density at radius 2 is 2.14 bits per heavy atom. The monoisotopic (exact) mass is 316 g/mol. The molecule has 0 saturated carbocycles. The van der Waals surface area contributed by atoms with E-state index in [1.54, 1.807) is 4.90 Å². The first-order valence-electron chi connectivity index (χ1n) is 6.53. The number of carbonyl (C=O) groups is 1. The van der Waals surface area contributed by atoms with Crippen molar-refractivity contribution in [1.82, 2.24) is 9.88 Å². The number of hydrogen-bond donors (Lipinski definition) is 0. The second kappa shape index (κ2) is 5.25. The molecule has 0 N–H and O–H groups in total. The molecule has 1 saturated heterocycles. The molecule has 0 bridgehead atoms. The highest BCUT2D eigenvalue weighted by Gasteiger charge is 2.40. The SMILES string of the molecule is CC1CCC(C)(C)N1C(=O)c1cncc(OS(=O)(=O)F)c1. The number of likely N-dealkylation sites (tertiary alicyclic amines) is 1. The molecule has 1 amide bonds. The summed E-state index contributed by atoms with van der Waals surface area (Å²) in [4.78, 5) is 18.0.